The molecule has 1 atom stereocenters. The summed E-state index contributed by atoms with van der Waals surface area (Å²) in [5.41, 5.74) is -0.521. The molecular formula is C14H25NO3. The Morgan fingerprint density at radius 3 is 2.39 bits per heavy atom. The highest BCUT2D eigenvalue weighted by Crippen LogP contribution is 2.34. The maximum absolute atomic E-state index is 11.7. The van der Waals surface area contributed by atoms with Crippen molar-refractivity contribution in [1.82, 2.24) is 5.32 Å². The third kappa shape index (κ3) is 5.52. The molecule has 0 radical (unpaired) electrons. The van der Waals surface area contributed by atoms with Crippen LogP contribution in [0.15, 0.2) is 0 Å². The lowest BCUT2D eigenvalue weighted by Crippen LogP contribution is -2.36. The van der Waals surface area contributed by atoms with Crippen molar-refractivity contribution in [2.75, 3.05) is 6.54 Å². The van der Waals surface area contributed by atoms with Crippen molar-refractivity contribution >= 4 is 11.9 Å². The van der Waals surface area contributed by atoms with Gasteiger partial charge in [0.25, 0.3) is 0 Å². The summed E-state index contributed by atoms with van der Waals surface area (Å²) in [7, 11) is 0. The highest BCUT2D eigenvalue weighted by atomic mass is 16.6. The molecule has 0 bridgehead atoms. The van der Waals surface area contributed by atoms with E-state index < -0.39 is 11.7 Å². The number of carbonyl (C=O) groups is 2. The van der Waals surface area contributed by atoms with Gasteiger partial charge in [0.1, 0.15) is 5.60 Å². The molecule has 1 N–H and O–H groups in total. The van der Waals surface area contributed by atoms with E-state index in [0.29, 0.717) is 18.3 Å². The number of ether oxygens (including phenoxy) is 1. The summed E-state index contributed by atoms with van der Waals surface area (Å²) in [5.74, 6) is 1.22. The van der Waals surface area contributed by atoms with Crippen LogP contribution in [0.2, 0.25) is 0 Å². The van der Waals surface area contributed by atoms with Crippen LogP contribution in [0.25, 0.3) is 0 Å². The summed E-state index contributed by atoms with van der Waals surface area (Å²) in [5, 5.41) is 2.51. The van der Waals surface area contributed by atoms with Crippen LogP contribution in [0.5, 0.6) is 0 Å². The van der Waals surface area contributed by atoms with Crippen LogP contribution in [0.1, 0.15) is 53.4 Å². The third-order valence-corrected chi connectivity index (χ3v) is 3.33. The second kappa shape index (κ2) is 6.21. The second-order valence-electron chi connectivity index (χ2n) is 6.27. The third-order valence-electron chi connectivity index (χ3n) is 3.33. The first-order chi connectivity index (χ1) is 8.28. The molecule has 1 saturated carbocycles. The van der Waals surface area contributed by atoms with Gasteiger partial charge >= 0.3 is 6.09 Å². The first-order valence-electron chi connectivity index (χ1n) is 6.76. The van der Waals surface area contributed by atoms with Gasteiger partial charge in [0.15, 0.2) is 5.78 Å². The number of Topliss-reactive ketones (excluding diaryl/α,β-unsaturated/α-hetero) is 1. The number of carbonyl (C=O) groups excluding carboxylic acids is 2. The molecule has 104 valence electrons. The van der Waals surface area contributed by atoms with Gasteiger partial charge in [-0.25, -0.2) is 4.79 Å². The lowest BCUT2D eigenvalue weighted by molar-refractivity contribution is -0.119. The molecule has 1 aliphatic carbocycles. The Morgan fingerprint density at radius 1 is 1.33 bits per heavy atom. The Bertz CT molecular complexity index is 303. The second-order valence-corrected chi connectivity index (χ2v) is 6.27. The predicted octanol–water partition coefficient (Wildman–Crippen LogP) is 2.91. The minimum atomic E-state index is -0.521. The molecule has 1 amide bonds. The number of nitrogens with one attached hydrogen (secondary N) is 1. The standard InChI is InChI=1S/C14H25NO3/c1-10(11-6-5-7-11)8-12(16)9-15-13(17)18-14(2,3)4/h10-11H,5-9H2,1-4H3,(H,15,17). The molecule has 0 heterocycles. The van der Waals surface area contributed by atoms with E-state index in [-0.39, 0.29) is 12.3 Å². The highest BCUT2D eigenvalue weighted by Gasteiger charge is 2.25. The molecule has 0 aromatic carbocycles. The van der Waals surface area contributed by atoms with Gasteiger partial charge in [-0.1, -0.05) is 26.2 Å². The van der Waals surface area contributed by atoms with Crippen LogP contribution in [0, 0.1) is 11.8 Å². The number of amides is 1. The Morgan fingerprint density at radius 2 is 1.94 bits per heavy atom. The number of ketones is 1. The monoisotopic (exact) mass is 255 g/mol. The predicted molar refractivity (Wildman–Crippen MR) is 70.4 cm³/mol. The Kier molecular flexibility index (Phi) is 5.17. The molecule has 4 heteroatoms. The summed E-state index contributed by atoms with van der Waals surface area (Å²) in [6, 6.07) is 0. The minimum Gasteiger partial charge on any atom is -0.444 e. The van der Waals surface area contributed by atoms with Crippen molar-refractivity contribution in [3.63, 3.8) is 0 Å². The fourth-order valence-corrected chi connectivity index (χ4v) is 2.09. The number of hydrogen-bond donors (Lipinski definition) is 1. The van der Waals surface area contributed by atoms with Gasteiger partial charge in [-0.05, 0) is 32.6 Å². The Balaban J connectivity index is 2.18. The van der Waals surface area contributed by atoms with E-state index >= 15 is 0 Å². The molecule has 1 unspecified atom stereocenters. The maximum Gasteiger partial charge on any atom is 0.408 e. The largest absolute Gasteiger partial charge is 0.444 e. The van der Waals surface area contributed by atoms with E-state index in [9.17, 15) is 9.59 Å². The maximum atomic E-state index is 11.7. The van der Waals surface area contributed by atoms with E-state index in [1.165, 1.54) is 19.3 Å². The Hall–Kier alpha value is -1.06. The molecule has 0 spiro atoms. The average molecular weight is 255 g/mol. The van der Waals surface area contributed by atoms with Crippen LogP contribution in [0.4, 0.5) is 4.79 Å². The molecule has 1 fully saturated rings. The van der Waals surface area contributed by atoms with Crippen LogP contribution < -0.4 is 5.32 Å². The fourth-order valence-electron chi connectivity index (χ4n) is 2.09. The molecule has 0 saturated heterocycles. The topological polar surface area (TPSA) is 55.4 Å². The number of alkyl carbamates (subject to hydrolysis) is 1. The van der Waals surface area contributed by atoms with Gasteiger partial charge in [-0.3, -0.25) is 4.79 Å². The van der Waals surface area contributed by atoms with Crippen molar-refractivity contribution < 1.29 is 14.3 Å². The summed E-state index contributed by atoms with van der Waals surface area (Å²) in [4.78, 5) is 23.1. The number of rotatable bonds is 5. The van der Waals surface area contributed by atoms with Crippen molar-refractivity contribution in [3.05, 3.63) is 0 Å². The molecule has 1 aliphatic rings. The van der Waals surface area contributed by atoms with E-state index in [4.69, 9.17) is 4.74 Å². The first kappa shape index (κ1) is 15.0. The SMILES string of the molecule is CC(CC(=O)CNC(=O)OC(C)(C)C)C1CCC1. The van der Waals surface area contributed by atoms with Gasteiger partial charge in [0, 0.05) is 6.42 Å². The van der Waals surface area contributed by atoms with Crippen LogP contribution in [-0.2, 0) is 9.53 Å². The molecule has 18 heavy (non-hydrogen) atoms. The van der Waals surface area contributed by atoms with Crippen molar-refractivity contribution in [1.29, 1.82) is 0 Å². The van der Waals surface area contributed by atoms with Crippen LogP contribution in [-0.4, -0.2) is 24.0 Å². The zero-order valence-electron chi connectivity index (χ0n) is 11.9. The van der Waals surface area contributed by atoms with E-state index in [1.54, 1.807) is 20.8 Å². The van der Waals surface area contributed by atoms with Gasteiger partial charge in [0.05, 0.1) is 6.54 Å². The lowest BCUT2D eigenvalue weighted by Gasteiger charge is -2.31. The highest BCUT2D eigenvalue weighted by molar-refractivity contribution is 5.84. The normalized spacial score (nSPS) is 17.8. The number of hydrogen-bond acceptors (Lipinski definition) is 3. The quantitative estimate of drug-likeness (QED) is 0.821. The van der Waals surface area contributed by atoms with Crippen molar-refractivity contribution in [2.45, 2.75) is 59.0 Å². The smallest absolute Gasteiger partial charge is 0.408 e. The van der Waals surface area contributed by atoms with Crippen molar-refractivity contribution in [3.8, 4) is 0 Å². The zero-order chi connectivity index (χ0) is 13.8. The van der Waals surface area contributed by atoms with E-state index in [1.807, 2.05) is 0 Å². The summed E-state index contributed by atoms with van der Waals surface area (Å²) < 4.78 is 5.07. The van der Waals surface area contributed by atoms with Gasteiger partial charge < -0.3 is 10.1 Å². The summed E-state index contributed by atoms with van der Waals surface area (Å²) in [6.45, 7) is 7.59. The van der Waals surface area contributed by atoms with Gasteiger partial charge in [-0.15, -0.1) is 0 Å². The fraction of sp³-hybridized carbons (Fsp3) is 0.857. The molecule has 0 aromatic rings. The molecule has 0 aromatic heterocycles. The minimum absolute atomic E-state index is 0.0754. The first-order valence-corrected chi connectivity index (χ1v) is 6.76. The lowest BCUT2D eigenvalue weighted by atomic mass is 9.75. The zero-order valence-corrected chi connectivity index (χ0v) is 11.9. The molecular weight excluding hydrogens is 230 g/mol. The van der Waals surface area contributed by atoms with Crippen LogP contribution >= 0.6 is 0 Å². The van der Waals surface area contributed by atoms with E-state index in [2.05, 4.69) is 12.2 Å². The van der Waals surface area contributed by atoms with E-state index in [0.717, 1.165) is 0 Å². The van der Waals surface area contributed by atoms with Crippen LogP contribution in [0.3, 0.4) is 0 Å². The average Bonchev–Trinajstić information content (AvgIpc) is 2.08. The molecule has 4 nitrogen and oxygen atoms in total. The summed E-state index contributed by atoms with van der Waals surface area (Å²) in [6.07, 6.45) is 3.81. The summed E-state index contributed by atoms with van der Waals surface area (Å²) >= 11 is 0. The van der Waals surface area contributed by atoms with Gasteiger partial charge in [0.2, 0.25) is 0 Å². The molecule has 0 aliphatic heterocycles. The molecule has 1 rings (SSSR count). The van der Waals surface area contributed by atoms with Gasteiger partial charge in [-0.2, -0.15) is 0 Å². The van der Waals surface area contributed by atoms with Crippen molar-refractivity contribution in [2.24, 2.45) is 11.8 Å². The Labute approximate surface area is 109 Å².